The minimum atomic E-state index is -0.875. The third-order valence-corrected chi connectivity index (χ3v) is 7.24. The molecule has 3 saturated heterocycles. The number of rotatable bonds is 6. The average molecular weight is 415 g/mol. The first-order chi connectivity index (χ1) is 13.3. The fourth-order valence-corrected chi connectivity index (χ4v) is 5.03. The summed E-state index contributed by atoms with van der Waals surface area (Å²) in [5, 5.41) is 20.8. The van der Waals surface area contributed by atoms with Crippen molar-refractivity contribution in [2.75, 3.05) is 6.61 Å². The van der Waals surface area contributed by atoms with E-state index < -0.39 is 34.5 Å². The van der Waals surface area contributed by atoms with Crippen molar-refractivity contribution in [3.63, 3.8) is 0 Å². The molecule has 7 heteroatoms. The molecule has 0 aromatic rings. The van der Waals surface area contributed by atoms with E-state index in [2.05, 4.69) is 13.8 Å². The summed E-state index contributed by atoms with van der Waals surface area (Å²) in [4.78, 5) is 11.0. The molecule has 3 aliphatic rings. The van der Waals surface area contributed by atoms with Gasteiger partial charge in [-0.2, -0.15) is 0 Å². The molecule has 0 aromatic heterocycles. The molecule has 0 aliphatic carbocycles. The summed E-state index contributed by atoms with van der Waals surface area (Å²) in [6.45, 7) is 10.9. The van der Waals surface area contributed by atoms with E-state index in [0.717, 1.165) is 32.1 Å². The topological polar surface area (TPSA) is 94.5 Å². The van der Waals surface area contributed by atoms with E-state index in [1.165, 1.54) is 6.92 Å². The number of carbonyl (C=O) groups excluding carboxylic acids is 1. The second-order valence-corrected chi connectivity index (χ2v) is 10.3. The van der Waals surface area contributed by atoms with Crippen LogP contribution < -0.4 is 0 Å². The molecule has 2 N–H and O–H groups in total. The highest BCUT2D eigenvalue weighted by Gasteiger charge is 2.56. The summed E-state index contributed by atoms with van der Waals surface area (Å²) in [6, 6.07) is 0. The SMILES string of the molecule is CC(=O)OCC(O)C1(C)CCC(C2(C)CCC(C3(C)CCC(C(C)(C)O)O3)O2)O1. The molecule has 0 bridgehead atoms. The van der Waals surface area contributed by atoms with Crippen molar-refractivity contribution in [3.8, 4) is 0 Å². The zero-order valence-electron chi connectivity index (χ0n) is 18.7. The molecular formula is C22H38O7. The molecule has 7 unspecified atom stereocenters. The molecule has 0 spiro atoms. The molecular weight excluding hydrogens is 376 g/mol. The first kappa shape index (κ1) is 22.9. The predicted molar refractivity (Wildman–Crippen MR) is 106 cm³/mol. The number of hydrogen-bond donors (Lipinski definition) is 2. The van der Waals surface area contributed by atoms with Gasteiger partial charge in [-0.3, -0.25) is 4.79 Å². The van der Waals surface area contributed by atoms with Crippen molar-refractivity contribution in [3.05, 3.63) is 0 Å². The number of esters is 1. The minimum absolute atomic E-state index is 0.0544. The van der Waals surface area contributed by atoms with E-state index in [-0.39, 0.29) is 24.9 Å². The van der Waals surface area contributed by atoms with Crippen LogP contribution in [0.5, 0.6) is 0 Å². The summed E-state index contributed by atoms with van der Waals surface area (Å²) in [7, 11) is 0. The van der Waals surface area contributed by atoms with E-state index in [4.69, 9.17) is 18.9 Å². The summed E-state index contributed by atoms with van der Waals surface area (Å²) in [6.07, 6.45) is 3.59. The van der Waals surface area contributed by atoms with Crippen molar-refractivity contribution < 1.29 is 34.0 Å². The number of hydrogen-bond acceptors (Lipinski definition) is 7. The molecule has 3 rings (SSSR count). The van der Waals surface area contributed by atoms with Gasteiger partial charge in [-0.1, -0.05) is 0 Å². The molecule has 0 radical (unpaired) electrons. The van der Waals surface area contributed by atoms with Crippen LogP contribution in [0.2, 0.25) is 0 Å². The number of ether oxygens (including phenoxy) is 4. The van der Waals surface area contributed by atoms with Crippen LogP contribution in [-0.2, 0) is 23.7 Å². The van der Waals surface area contributed by atoms with Gasteiger partial charge in [0, 0.05) is 6.92 Å². The third-order valence-electron chi connectivity index (χ3n) is 7.24. The Bertz CT molecular complexity index is 617. The van der Waals surface area contributed by atoms with Crippen molar-refractivity contribution >= 4 is 5.97 Å². The van der Waals surface area contributed by atoms with E-state index in [1.54, 1.807) is 13.8 Å². The van der Waals surface area contributed by atoms with Crippen LogP contribution in [0.25, 0.3) is 0 Å². The van der Waals surface area contributed by atoms with Crippen molar-refractivity contribution in [2.24, 2.45) is 0 Å². The lowest BCUT2D eigenvalue weighted by atomic mass is 9.89. The molecule has 29 heavy (non-hydrogen) atoms. The van der Waals surface area contributed by atoms with Crippen LogP contribution in [0.3, 0.4) is 0 Å². The predicted octanol–water partition coefficient (Wildman–Crippen LogP) is 2.49. The second-order valence-electron chi connectivity index (χ2n) is 10.3. The van der Waals surface area contributed by atoms with Gasteiger partial charge >= 0.3 is 5.97 Å². The molecule has 7 nitrogen and oxygen atoms in total. The zero-order valence-corrected chi connectivity index (χ0v) is 18.7. The smallest absolute Gasteiger partial charge is 0.302 e. The van der Waals surface area contributed by atoms with Crippen LogP contribution in [0, 0.1) is 0 Å². The molecule has 3 heterocycles. The lowest BCUT2D eigenvalue weighted by Gasteiger charge is -2.38. The van der Waals surface area contributed by atoms with Gasteiger partial charge in [0.15, 0.2) is 0 Å². The molecule has 168 valence electrons. The van der Waals surface area contributed by atoms with Gasteiger partial charge in [0.05, 0.1) is 40.7 Å². The Kier molecular flexibility index (Phi) is 6.13. The Balaban J connectivity index is 1.61. The molecule has 0 aromatic carbocycles. The molecule has 0 amide bonds. The first-order valence-electron chi connectivity index (χ1n) is 10.8. The summed E-state index contributed by atoms with van der Waals surface area (Å²) in [5.41, 5.74) is -2.50. The fourth-order valence-electron chi connectivity index (χ4n) is 5.03. The van der Waals surface area contributed by atoms with Gasteiger partial charge in [0.1, 0.15) is 12.7 Å². The molecule has 7 atom stereocenters. The van der Waals surface area contributed by atoms with Gasteiger partial charge < -0.3 is 29.2 Å². The van der Waals surface area contributed by atoms with Crippen molar-refractivity contribution in [2.45, 2.75) is 127 Å². The first-order valence-corrected chi connectivity index (χ1v) is 10.8. The third kappa shape index (κ3) is 4.64. The minimum Gasteiger partial charge on any atom is -0.463 e. The maximum Gasteiger partial charge on any atom is 0.302 e. The Labute approximate surface area is 174 Å². The number of aliphatic hydroxyl groups is 2. The molecule has 3 fully saturated rings. The second kappa shape index (κ2) is 7.75. The van der Waals surface area contributed by atoms with E-state index in [9.17, 15) is 15.0 Å². The Morgan fingerprint density at radius 2 is 1.59 bits per heavy atom. The Morgan fingerprint density at radius 1 is 1.03 bits per heavy atom. The van der Waals surface area contributed by atoms with Crippen LogP contribution in [0.1, 0.15) is 80.1 Å². The molecule has 3 aliphatic heterocycles. The van der Waals surface area contributed by atoms with E-state index in [1.807, 2.05) is 6.92 Å². The highest BCUT2D eigenvalue weighted by molar-refractivity contribution is 5.65. The highest BCUT2D eigenvalue weighted by Crippen LogP contribution is 2.49. The van der Waals surface area contributed by atoms with Crippen LogP contribution in [0.15, 0.2) is 0 Å². The summed E-state index contributed by atoms with van der Waals surface area (Å²) in [5.74, 6) is -0.412. The van der Waals surface area contributed by atoms with Crippen molar-refractivity contribution in [1.82, 2.24) is 0 Å². The maximum absolute atomic E-state index is 11.0. The Hall–Kier alpha value is -0.730. The highest BCUT2D eigenvalue weighted by atomic mass is 16.6. The summed E-state index contributed by atoms with van der Waals surface area (Å²) < 4.78 is 24.1. The maximum atomic E-state index is 11.0. The van der Waals surface area contributed by atoms with E-state index >= 15 is 0 Å². The standard InChI is InChI=1S/C22H38O7/c1-14(23)26-13-15(24)20(4)10-8-17(28-20)22(6)12-9-18(29-22)21(5)11-7-16(27-21)19(2,3)25/h15-18,24-25H,7-13H2,1-6H3. The monoisotopic (exact) mass is 414 g/mol. The van der Waals surface area contributed by atoms with E-state index in [0.29, 0.717) is 6.42 Å². The lowest BCUT2D eigenvalue weighted by molar-refractivity contribution is -0.209. The quantitative estimate of drug-likeness (QED) is 0.645. The van der Waals surface area contributed by atoms with Gasteiger partial charge in [0.2, 0.25) is 0 Å². The largest absolute Gasteiger partial charge is 0.463 e. The average Bonchev–Trinajstić information content (AvgIpc) is 3.31. The van der Waals surface area contributed by atoms with Gasteiger partial charge in [-0.25, -0.2) is 0 Å². The lowest BCUT2D eigenvalue weighted by Crippen LogP contribution is -2.48. The Morgan fingerprint density at radius 3 is 2.17 bits per heavy atom. The molecule has 0 saturated carbocycles. The van der Waals surface area contributed by atoms with Crippen molar-refractivity contribution in [1.29, 1.82) is 0 Å². The number of carbonyl (C=O) groups is 1. The number of aliphatic hydroxyl groups excluding tert-OH is 1. The van der Waals surface area contributed by atoms with Gasteiger partial charge in [0.25, 0.3) is 0 Å². The normalized spacial score (nSPS) is 44.2. The van der Waals surface area contributed by atoms with Crippen LogP contribution in [-0.4, -0.2) is 69.6 Å². The fraction of sp³-hybridized carbons (Fsp3) is 0.955. The van der Waals surface area contributed by atoms with Crippen LogP contribution in [0.4, 0.5) is 0 Å². The zero-order chi connectivity index (χ0) is 21.7. The van der Waals surface area contributed by atoms with Crippen LogP contribution >= 0.6 is 0 Å². The van der Waals surface area contributed by atoms with Gasteiger partial charge in [-0.15, -0.1) is 0 Å². The van der Waals surface area contributed by atoms with Gasteiger partial charge in [-0.05, 0) is 73.1 Å². The summed E-state index contributed by atoms with van der Waals surface area (Å²) >= 11 is 0.